The number of alkyl halides is 1. The van der Waals surface area contributed by atoms with Crippen LogP contribution in [0, 0.1) is 11.8 Å². The monoisotopic (exact) mass is 467 g/mol. The number of halogens is 1. The number of hydrogen-bond donors (Lipinski definition) is 3. The maximum Gasteiger partial charge on any atom is 0.316 e. The summed E-state index contributed by atoms with van der Waals surface area (Å²) in [6.07, 6.45) is 0. The summed E-state index contributed by atoms with van der Waals surface area (Å²) in [5.41, 5.74) is 7.33. The third-order valence-corrected chi connectivity index (χ3v) is 5.65. The van der Waals surface area contributed by atoms with Gasteiger partial charge in [0.15, 0.2) is 11.6 Å². The molecule has 0 fully saturated rings. The highest BCUT2D eigenvalue weighted by molar-refractivity contribution is 6.09. The molecule has 0 radical (unpaired) electrons. The number of carboxylic acids is 1. The molecule has 0 saturated carbocycles. The number of aromatic nitrogens is 1. The Morgan fingerprint density at radius 3 is 2.24 bits per heavy atom. The van der Waals surface area contributed by atoms with E-state index >= 15 is 0 Å². The van der Waals surface area contributed by atoms with Crippen LogP contribution in [0.15, 0.2) is 60.7 Å². The zero-order valence-electron chi connectivity index (χ0n) is 18.8. The number of Topliss-reactive ketones (excluding diaryl/α,β-unsaturated/α-hetero) is 2. The summed E-state index contributed by atoms with van der Waals surface area (Å²) in [4.78, 5) is 50.0. The standard InChI is InChI=1S/C25H26FN3O5/c1-14(2)22(23(31)20(25(33)34)21(27)19(30)13-26)28-24(32)18-12-15-8-6-7-11-17(15)29(18)16-9-4-3-5-10-16/h3-12,14,20-22H,13,27H2,1-2H3,(H,28,32)(H,33,34)/t20?,21?,22-/m0/s1. The number of rotatable bonds is 10. The largest absolute Gasteiger partial charge is 0.481 e. The van der Waals surface area contributed by atoms with Gasteiger partial charge in [0.2, 0.25) is 0 Å². The Morgan fingerprint density at radius 1 is 1.03 bits per heavy atom. The molecule has 8 nitrogen and oxygen atoms in total. The molecule has 2 aromatic carbocycles. The van der Waals surface area contributed by atoms with Crippen LogP contribution in [0.1, 0.15) is 24.3 Å². The fourth-order valence-electron chi connectivity index (χ4n) is 3.88. The van der Waals surface area contributed by atoms with Gasteiger partial charge in [0.1, 0.15) is 18.3 Å². The Labute approximate surface area is 195 Å². The van der Waals surface area contributed by atoms with Gasteiger partial charge in [-0.05, 0) is 30.2 Å². The van der Waals surface area contributed by atoms with Gasteiger partial charge in [-0.15, -0.1) is 0 Å². The van der Waals surface area contributed by atoms with Crippen LogP contribution in [-0.2, 0) is 14.4 Å². The van der Waals surface area contributed by atoms with E-state index in [0.29, 0.717) is 0 Å². The Kier molecular flexibility index (Phi) is 7.57. The lowest BCUT2D eigenvalue weighted by molar-refractivity contribution is -0.150. The number of carbonyl (C=O) groups is 4. The van der Waals surface area contributed by atoms with Crippen LogP contribution < -0.4 is 11.1 Å². The number of nitrogens with two attached hydrogens (primary N) is 1. The van der Waals surface area contributed by atoms with Crippen LogP contribution >= 0.6 is 0 Å². The number of amides is 1. The van der Waals surface area contributed by atoms with Crippen LogP contribution in [0.2, 0.25) is 0 Å². The minimum atomic E-state index is -1.99. The van der Waals surface area contributed by atoms with Crippen molar-refractivity contribution in [3.8, 4) is 5.69 Å². The molecule has 0 aliphatic heterocycles. The average Bonchev–Trinajstić information content (AvgIpc) is 3.21. The number of fused-ring (bicyclic) bond motifs is 1. The van der Waals surface area contributed by atoms with Crippen molar-refractivity contribution in [2.75, 3.05) is 6.67 Å². The van der Waals surface area contributed by atoms with E-state index < -0.39 is 54.0 Å². The molecule has 2 unspecified atom stereocenters. The van der Waals surface area contributed by atoms with Crippen LogP contribution in [-0.4, -0.2) is 51.9 Å². The van der Waals surface area contributed by atoms with Crippen LogP contribution in [0.25, 0.3) is 16.6 Å². The topological polar surface area (TPSA) is 131 Å². The van der Waals surface area contributed by atoms with E-state index in [1.54, 1.807) is 24.5 Å². The van der Waals surface area contributed by atoms with Gasteiger partial charge in [-0.2, -0.15) is 0 Å². The van der Waals surface area contributed by atoms with Gasteiger partial charge in [-0.3, -0.25) is 19.2 Å². The zero-order chi connectivity index (χ0) is 25.0. The molecule has 3 rings (SSSR count). The molecular formula is C25H26FN3O5. The van der Waals surface area contributed by atoms with Crippen molar-refractivity contribution < 1.29 is 28.7 Å². The molecule has 1 amide bonds. The second kappa shape index (κ2) is 10.4. The highest BCUT2D eigenvalue weighted by Crippen LogP contribution is 2.25. The first-order valence-corrected chi connectivity index (χ1v) is 10.7. The molecule has 34 heavy (non-hydrogen) atoms. The minimum Gasteiger partial charge on any atom is -0.481 e. The third-order valence-electron chi connectivity index (χ3n) is 5.65. The molecule has 0 saturated heterocycles. The quantitative estimate of drug-likeness (QED) is 0.393. The van der Waals surface area contributed by atoms with Gasteiger partial charge in [-0.1, -0.05) is 50.2 Å². The molecule has 0 bridgehead atoms. The van der Waals surface area contributed by atoms with Gasteiger partial charge >= 0.3 is 5.97 Å². The van der Waals surface area contributed by atoms with E-state index in [9.17, 15) is 28.7 Å². The van der Waals surface area contributed by atoms with Gasteiger partial charge in [-0.25, -0.2) is 4.39 Å². The summed E-state index contributed by atoms with van der Waals surface area (Å²) in [5.74, 6) is -6.94. The lowest BCUT2D eigenvalue weighted by atomic mass is 9.85. The molecule has 0 spiro atoms. The summed E-state index contributed by atoms with van der Waals surface area (Å²) >= 11 is 0. The van der Waals surface area contributed by atoms with Crippen LogP contribution in [0.4, 0.5) is 4.39 Å². The fourth-order valence-corrected chi connectivity index (χ4v) is 3.88. The number of carboxylic acid groups (broad SMARTS) is 1. The van der Waals surface area contributed by atoms with Gasteiger partial charge in [0, 0.05) is 11.1 Å². The second-order valence-corrected chi connectivity index (χ2v) is 8.30. The predicted molar refractivity (Wildman–Crippen MR) is 124 cm³/mol. The molecule has 3 atom stereocenters. The number of ketones is 2. The number of carbonyl (C=O) groups excluding carboxylic acids is 3. The molecule has 4 N–H and O–H groups in total. The van der Waals surface area contributed by atoms with E-state index in [4.69, 9.17) is 5.73 Å². The number of nitrogens with zero attached hydrogens (tertiary/aromatic N) is 1. The van der Waals surface area contributed by atoms with Crippen LogP contribution in [0.3, 0.4) is 0 Å². The maximum atomic E-state index is 13.4. The van der Waals surface area contributed by atoms with Gasteiger partial charge < -0.3 is 20.7 Å². The molecule has 9 heteroatoms. The Morgan fingerprint density at radius 2 is 1.65 bits per heavy atom. The smallest absolute Gasteiger partial charge is 0.316 e. The number of para-hydroxylation sites is 2. The number of nitrogens with one attached hydrogen (secondary N) is 1. The SMILES string of the molecule is CC(C)[C@H](NC(=O)c1cc2ccccc2n1-c1ccccc1)C(=O)C(C(=O)O)C(N)C(=O)CF. The maximum absolute atomic E-state index is 13.4. The van der Waals surface area contributed by atoms with Crippen molar-refractivity contribution >= 4 is 34.3 Å². The van der Waals surface area contributed by atoms with E-state index in [-0.39, 0.29) is 5.69 Å². The molecule has 0 aliphatic carbocycles. The fraction of sp³-hybridized carbons (Fsp3) is 0.280. The number of hydrogen-bond acceptors (Lipinski definition) is 5. The summed E-state index contributed by atoms with van der Waals surface area (Å²) < 4.78 is 14.6. The average molecular weight is 467 g/mol. The number of benzene rings is 2. The molecule has 1 heterocycles. The van der Waals surface area contributed by atoms with Crippen molar-refractivity contribution in [3.63, 3.8) is 0 Å². The molecule has 0 aliphatic rings. The van der Waals surface area contributed by atoms with Crippen molar-refractivity contribution in [2.24, 2.45) is 17.6 Å². The Balaban J connectivity index is 2.01. The first kappa shape index (κ1) is 24.8. The van der Waals surface area contributed by atoms with Gasteiger partial charge in [0.05, 0.1) is 17.6 Å². The second-order valence-electron chi connectivity index (χ2n) is 8.30. The first-order valence-electron chi connectivity index (χ1n) is 10.7. The van der Waals surface area contributed by atoms with E-state index in [2.05, 4.69) is 5.32 Å². The molecule has 178 valence electrons. The predicted octanol–water partition coefficient (Wildman–Crippen LogP) is 2.52. The summed E-state index contributed by atoms with van der Waals surface area (Å²) in [5, 5.41) is 12.9. The Bertz CT molecular complexity index is 1220. The van der Waals surface area contributed by atoms with Crippen molar-refractivity contribution in [3.05, 3.63) is 66.4 Å². The van der Waals surface area contributed by atoms with Crippen molar-refractivity contribution in [1.29, 1.82) is 0 Å². The number of aliphatic carboxylic acids is 1. The van der Waals surface area contributed by atoms with E-state index in [1.807, 2.05) is 54.6 Å². The van der Waals surface area contributed by atoms with Crippen LogP contribution in [0.5, 0.6) is 0 Å². The van der Waals surface area contributed by atoms with Gasteiger partial charge in [0.25, 0.3) is 5.91 Å². The van der Waals surface area contributed by atoms with E-state index in [0.717, 1.165) is 16.6 Å². The lowest BCUT2D eigenvalue weighted by Crippen LogP contribution is -2.55. The van der Waals surface area contributed by atoms with E-state index in [1.165, 1.54) is 0 Å². The summed E-state index contributed by atoms with van der Waals surface area (Å²) in [7, 11) is 0. The summed E-state index contributed by atoms with van der Waals surface area (Å²) in [6.45, 7) is 1.75. The summed E-state index contributed by atoms with van der Waals surface area (Å²) in [6, 6.07) is 15.1. The molecular weight excluding hydrogens is 441 g/mol. The lowest BCUT2D eigenvalue weighted by Gasteiger charge is -2.26. The zero-order valence-corrected chi connectivity index (χ0v) is 18.8. The minimum absolute atomic E-state index is 0.238. The molecule has 3 aromatic rings. The highest BCUT2D eigenvalue weighted by atomic mass is 19.1. The first-order chi connectivity index (χ1) is 16.2. The van der Waals surface area contributed by atoms with Crippen molar-refractivity contribution in [1.82, 2.24) is 9.88 Å². The molecule has 1 aromatic heterocycles. The normalized spacial score (nSPS) is 13.9. The highest BCUT2D eigenvalue weighted by Gasteiger charge is 2.41. The third kappa shape index (κ3) is 4.89. The van der Waals surface area contributed by atoms with Crippen molar-refractivity contribution in [2.45, 2.75) is 25.9 Å². The Hall–Kier alpha value is -3.85.